The normalized spacial score (nSPS) is 21.3. The number of benzene rings is 1. The molecule has 0 bridgehead atoms. The van der Waals surface area contributed by atoms with Crippen molar-refractivity contribution in [2.24, 2.45) is 5.92 Å². The molecule has 1 amide bonds. The van der Waals surface area contributed by atoms with Gasteiger partial charge >= 0.3 is 5.97 Å². The first-order valence-corrected chi connectivity index (χ1v) is 11.9. The van der Waals surface area contributed by atoms with Gasteiger partial charge in [0.1, 0.15) is 23.0 Å². The van der Waals surface area contributed by atoms with Gasteiger partial charge in [0.15, 0.2) is 0 Å². The molecular formula is C27H28FN3O4. The van der Waals surface area contributed by atoms with Crippen molar-refractivity contribution < 1.29 is 23.5 Å². The quantitative estimate of drug-likeness (QED) is 0.514. The van der Waals surface area contributed by atoms with Crippen molar-refractivity contribution >= 4 is 34.5 Å². The number of nitrogens with one attached hydrogen (secondary N) is 1. The fourth-order valence-corrected chi connectivity index (χ4v) is 4.94. The number of hydrogen-bond acceptors (Lipinski definition) is 6. The monoisotopic (exact) mass is 477 g/mol. The van der Waals surface area contributed by atoms with Crippen LogP contribution in [0.2, 0.25) is 0 Å². The third-order valence-corrected chi connectivity index (χ3v) is 6.76. The van der Waals surface area contributed by atoms with E-state index in [-0.39, 0.29) is 17.8 Å². The predicted molar refractivity (Wildman–Crippen MR) is 131 cm³/mol. The maximum Gasteiger partial charge on any atom is 0.309 e. The fourth-order valence-electron chi connectivity index (χ4n) is 4.94. The number of hydrogen-bond donors (Lipinski definition) is 1. The Hall–Kier alpha value is -3.68. The number of pyridine rings is 1. The minimum Gasteiger partial charge on any atom is -0.482 e. The number of halogens is 1. The van der Waals surface area contributed by atoms with E-state index in [2.05, 4.69) is 15.2 Å². The predicted octanol–water partition coefficient (Wildman–Crippen LogP) is 4.56. The summed E-state index contributed by atoms with van der Waals surface area (Å²) in [4.78, 5) is 31.5. The second-order valence-corrected chi connectivity index (χ2v) is 9.47. The Bertz CT molecular complexity index is 1240. The van der Waals surface area contributed by atoms with E-state index >= 15 is 0 Å². The van der Waals surface area contributed by atoms with Gasteiger partial charge < -0.3 is 19.7 Å². The van der Waals surface area contributed by atoms with Gasteiger partial charge in [-0.1, -0.05) is 0 Å². The SMILES string of the molecule is CCOC(=O)C1CCN(c2ccc(C3=C/C(=C4\C(=O)Nc5ccc(F)cc54)OC3(C)C)cn2)CC1. The Morgan fingerprint density at radius 2 is 2.03 bits per heavy atom. The van der Waals surface area contributed by atoms with Gasteiger partial charge in [-0.2, -0.15) is 0 Å². The summed E-state index contributed by atoms with van der Waals surface area (Å²) in [5, 5.41) is 2.77. The lowest BCUT2D eigenvalue weighted by atomic mass is 9.93. The van der Waals surface area contributed by atoms with Crippen LogP contribution in [-0.2, 0) is 19.1 Å². The molecule has 2 aromatic rings. The van der Waals surface area contributed by atoms with Crippen molar-refractivity contribution in [2.75, 3.05) is 29.9 Å². The molecule has 0 unspecified atom stereocenters. The molecule has 1 fully saturated rings. The lowest BCUT2D eigenvalue weighted by Crippen LogP contribution is -2.37. The molecule has 0 aliphatic carbocycles. The number of amides is 1. The molecular weight excluding hydrogens is 449 g/mol. The van der Waals surface area contributed by atoms with Crippen LogP contribution in [0.3, 0.4) is 0 Å². The first-order valence-electron chi connectivity index (χ1n) is 11.9. The van der Waals surface area contributed by atoms with Crippen molar-refractivity contribution in [2.45, 2.75) is 39.2 Å². The molecule has 8 heteroatoms. The van der Waals surface area contributed by atoms with Gasteiger partial charge in [-0.25, -0.2) is 9.37 Å². The van der Waals surface area contributed by atoms with Crippen LogP contribution in [0.5, 0.6) is 0 Å². The van der Waals surface area contributed by atoms with Crippen LogP contribution in [0.15, 0.2) is 48.4 Å². The molecule has 1 saturated heterocycles. The molecule has 3 aliphatic heterocycles. The number of rotatable bonds is 4. The van der Waals surface area contributed by atoms with E-state index in [9.17, 15) is 14.0 Å². The standard InChI is InChI=1S/C27H28FN3O4/c1-4-34-26(33)16-9-11-31(12-10-16)23-8-5-17(15-29-23)20-14-22(35-27(20,2)3)24-19-13-18(28)6-7-21(19)30-25(24)32/h5-8,13-16H,4,9-12H2,1-3H3,(H,30,32)/b24-22+. The summed E-state index contributed by atoms with van der Waals surface area (Å²) >= 11 is 0. The van der Waals surface area contributed by atoms with Crippen LogP contribution >= 0.6 is 0 Å². The number of ether oxygens (including phenoxy) is 2. The largest absolute Gasteiger partial charge is 0.482 e. The van der Waals surface area contributed by atoms with Crippen molar-refractivity contribution in [1.82, 2.24) is 4.98 Å². The van der Waals surface area contributed by atoms with Crippen LogP contribution in [0, 0.1) is 11.7 Å². The molecule has 5 rings (SSSR count). The number of allylic oxidation sites excluding steroid dienone is 1. The zero-order chi connectivity index (χ0) is 24.7. The Morgan fingerprint density at radius 3 is 2.71 bits per heavy atom. The number of carbonyl (C=O) groups excluding carboxylic acids is 2. The maximum absolute atomic E-state index is 13.9. The summed E-state index contributed by atoms with van der Waals surface area (Å²) in [6.45, 7) is 7.58. The average molecular weight is 478 g/mol. The lowest BCUT2D eigenvalue weighted by Gasteiger charge is -2.32. The van der Waals surface area contributed by atoms with E-state index in [1.165, 1.54) is 12.1 Å². The smallest absolute Gasteiger partial charge is 0.309 e. The van der Waals surface area contributed by atoms with Crippen LogP contribution in [0.4, 0.5) is 15.9 Å². The number of fused-ring (bicyclic) bond motifs is 1. The number of aromatic nitrogens is 1. The summed E-state index contributed by atoms with van der Waals surface area (Å²) in [6.07, 6.45) is 5.14. The minimum absolute atomic E-state index is 0.0510. The highest BCUT2D eigenvalue weighted by Gasteiger charge is 2.38. The number of anilines is 2. The van der Waals surface area contributed by atoms with Crippen LogP contribution < -0.4 is 10.2 Å². The van der Waals surface area contributed by atoms with E-state index in [4.69, 9.17) is 9.47 Å². The zero-order valence-corrected chi connectivity index (χ0v) is 20.1. The highest BCUT2D eigenvalue weighted by molar-refractivity contribution is 6.32. The second kappa shape index (κ2) is 8.83. The Balaban J connectivity index is 1.38. The van der Waals surface area contributed by atoms with Gasteiger partial charge in [0.25, 0.3) is 5.91 Å². The fraction of sp³-hybridized carbons (Fsp3) is 0.370. The van der Waals surface area contributed by atoms with Gasteiger partial charge in [-0.05, 0) is 70.0 Å². The molecule has 7 nitrogen and oxygen atoms in total. The first-order chi connectivity index (χ1) is 16.8. The van der Waals surface area contributed by atoms with E-state index in [0.717, 1.165) is 42.9 Å². The molecule has 1 N–H and O–H groups in total. The molecule has 182 valence electrons. The van der Waals surface area contributed by atoms with Gasteiger partial charge in [-0.15, -0.1) is 0 Å². The van der Waals surface area contributed by atoms with Gasteiger partial charge in [-0.3, -0.25) is 9.59 Å². The van der Waals surface area contributed by atoms with Gasteiger partial charge in [0.05, 0.1) is 18.1 Å². The number of nitrogens with zero attached hydrogens (tertiary/aromatic N) is 2. The molecule has 0 atom stereocenters. The molecule has 1 aromatic heterocycles. The van der Waals surface area contributed by atoms with E-state index in [0.29, 0.717) is 29.2 Å². The molecule has 4 heterocycles. The zero-order valence-electron chi connectivity index (χ0n) is 20.1. The third-order valence-electron chi connectivity index (χ3n) is 6.76. The van der Waals surface area contributed by atoms with Crippen LogP contribution in [0.1, 0.15) is 44.7 Å². The molecule has 35 heavy (non-hydrogen) atoms. The number of esters is 1. The first kappa shape index (κ1) is 23.1. The molecule has 0 saturated carbocycles. The molecule has 0 radical (unpaired) electrons. The van der Waals surface area contributed by atoms with Crippen LogP contribution in [0.25, 0.3) is 11.1 Å². The maximum atomic E-state index is 13.9. The van der Waals surface area contributed by atoms with Gasteiger partial charge in [0, 0.05) is 41.7 Å². The van der Waals surface area contributed by atoms with E-state index in [1.807, 2.05) is 39.0 Å². The Labute approximate surface area is 203 Å². The van der Waals surface area contributed by atoms with Crippen molar-refractivity contribution in [3.63, 3.8) is 0 Å². The summed E-state index contributed by atoms with van der Waals surface area (Å²) in [7, 11) is 0. The number of carbonyl (C=O) groups is 2. The summed E-state index contributed by atoms with van der Waals surface area (Å²) in [5.74, 6) is 0.380. The minimum atomic E-state index is -0.695. The number of piperidine rings is 1. The Kier molecular flexibility index (Phi) is 5.83. The van der Waals surface area contributed by atoms with E-state index in [1.54, 1.807) is 12.3 Å². The van der Waals surface area contributed by atoms with Crippen molar-refractivity contribution in [1.29, 1.82) is 0 Å². The average Bonchev–Trinajstić information content (AvgIpc) is 3.33. The highest BCUT2D eigenvalue weighted by Crippen LogP contribution is 2.44. The molecule has 3 aliphatic rings. The molecule has 1 aromatic carbocycles. The van der Waals surface area contributed by atoms with Gasteiger partial charge in [0.2, 0.25) is 0 Å². The topological polar surface area (TPSA) is 80.8 Å². The lowest BCUT2D eigenvalue weighted by molar-refractivity contribution is -0.148. The second-order valence-electron chi connectivity index (χ2n) is 9.47. The van der Waals surface area contributed by atoms with Crippen molar-refractivity contribution in [3.05, 3.63) is 65.3 Å². The summed E-state index contributed by atoms with van der Waals surface area (Å²) in [6, 6.07) is 8.18. The van der Waals surface area contributed by atoms with Crippen LogP contribution in [-0.4, -0.2) is 42.2 Å². The highest BCUT2D eigenvalue weighted by atomic mass is 19.1. The van der Waals surface area contributed by atoms with E-state index < -0.39 is 11.4 Å². The Morgan fingerprint density at radius 1 is 1.26 bits per heavy atom. The summed E-state index contributed by atoms with van der Waals surface area (Å²) in [5.41, 5.74) is 2.47. The molecule has 0 spiro atoms. The summed E-state index contributed by atoms with van der Waals surface area (Å²) < 4.78 is 25.2. The third kappa shape index (κ3) is 4.29. The van der Waals surface area contributed by atoms with Crippen molar-refractivity contribution in [3.8, 4) is 0 Å².